The van der Waals surface area contributed by atoms with Crippen LogP contribution in [0.1, 0.15) is 20.3 Å². The van der Waals surface area contributed by atoms with Gasteiger partial charge in [-0.1, -0.05) is 15.9 Å². The van der Waals surface area contributed by atoms with Crippen molar-refractivity contribution in [3.05, 3.63) is 32.8 Å². The number of nitro benzene ring substituents is 1. The Hall–Kier alpha value is -2.16. The van der Waals surface area contributed by atoms with E-state index >= 15 is 0 Å². The zero-order valence-corrected chi connectivity index (χ0v) is 13.8. The molecule has 0 unspecified atom stereocenters. The Morgan fingerprint density at radius 2 is 2.05 bits per heavy atom. The van der Waals surface area contributed by atoms with Crippen molar-refractivity contribution in [2.75, 3.05) is 18.6 Å². The predicted octanol–water partition coefficient (Wildman–Crippen LogP) is 3.07. The van der Waals surface area contributed by atoms with Crippen LogP contribution >= 0.6 is 15.9 Å². The fraction of sp³-hybridized carbons (Fsp3) is 0.385. The first-order valence-electron chi connectivity index (χ1n) is 6.52. The Morgan fingerprint density at radius 3 is 2.64 bits per heavy atom. The standard InChI is InChI=1S/C13H16BrN3O5/c1-3-21-12(8-13(18)22-4-2)16-15-10-7-9(14)5-6-11(10)17(19)20/h5-7,15H,3-4,8H2,1-2H3/b16-12+. The van der Waals surface area contributed by atoms with Crippen LogP contribution in [0.25, 0.3) is 0 Å². The first-order chi connectivity index (χ1) is 10.5. The smallest absolute Gasteiger partial charge is 0.315 e. The minimum Gasteiger partial charge on any atom is -0.480 e. The fourth-order valence-corrected chi connectivity index (χ4v) is 1.87. The first-order valence-corrected chi connectivity index (χ1v) is 7.32. The van der Waals surface area contributed by atoms with Crippen LogP contribution in [-0.2, 0) is 14.3 Å². The summed E-state index contributed by atoms with van der Waals surface area (Å²) in [5, 5.41) is 14.9. The molecule has 1 N–H and O–H groups in total. The number of nitrogens with one attached hydrogen (secondary N) is 1. The number of rotatable bonds is 7. The summed E-state index contributed by atoms with van der Waals surface area (Å²) in [6, 6.07) is 4.40. The maximum absolute atomic E-state index is 11.4. The molecule has 0 aliphatic rings. The average molecular weight is 374 g/mol. The first kappa shape index (κ1) is 17.9. The molecule has 0 bridgehead atoms. The molecule has 0 aliphatic heterocycles. The lowest BCUT2D eigenvalue weighted by atomic mass is 10.3. The quantitative estimate of drug-likeness (QED) is 0.259. The van der Waals surface area contributed by atoms with Gasteiger partial charge in [-0.25, -0.2) is 0 Å². The van der Waals surface area contributed by atoms with E-state index in [1.54, 1.807) is 19.9 Å². The molecule has 8 nitrogen and oxygen atoms in total. The number of carbonyl (C=O) groups is 1. The van der Waals surface area contributed by atoms with Gasteiger partial charge in [0.1, 0.15) is 12.1 Å². The maximum Gasteiger partial charge on any atom is 0.315 e. The molecule has 120 valence electrons. The lowest BCUT2D eigenvalue weighted by Gasteiger charge is -2.08. The van der Waals surface area contributed by atoms with Crippen LogP contribution in [0.5, 0.6) is 0 Å². The molecule has 0 atom stereocenters. The fourth-order valence-electron chi connectivity index (χ4n) is 1.50. The van der Waals surface area contributed by atoms with Gasteiger partial charge in [-0.2, -0.15) is 0 Å². The number of hydrogen-bond donors (Lipinski definition) is 1. The summed E-state index contributed by atoms with van der Waals surface area (Å²) in [6.07, 6.45) is -0.156. The van der Waals surface area contributed by atoms with Crippen LogP contribution in [0, 0.1) is 10.1 Å². The van der Waals surface area contributed by atoms with E-state index < -0.39 is 10.9 Å². The minimum absolute atomic E-state index is 0.0928. The summed E-state index contributed by atoms with van der Waals surface area (Å²) in [5.41, 5.74) is 2.59. The molecule has 0 saturated heterocycles. The molecule has 0 radical (unpaired) electrons. The van der Waals surface area contributed by atoms with Crippen molar-refractivity contribution in [2.45, 2.75) is 20.3 Å². The van der Waals surface area contributed by atoms with E-state index in [2.05, 4.69) is 26.5 Å². The molecule has 1 aromatic carbocycles. The number of benzene rings is 1. The van der Waals surface area contributed by atoms with Gasteiger partial charge >= 0.3 is 5.97 Å². The molecule has 9 heteroatoms. The van der Waals surface area contributed by atoms with Crippen LogP contribution in [0.4, 0.5) is 11.4 Å². The summed E-state index contributed by atoms with van der Waals surface area (Å²) in [7, 11) is 0. The maximum atomic E-state index is 11.4. The van der Waals surface area contributed by atoms with Crippen LogP contribution in [0.3, 0.4) is 0 Å². The molecule has 0 heterocycles. The highest BCUT2D eigenvalue weighted by molar-refractivity contribution is 9.10. The van der Waals surface area contributed by atoms with Crippen LogP contribution in [0.15, 0.2) is 27.8 Å². The van der Waals surface area contributed by atoms with Crippen molar-refractivity contribution in [3.63, 3.8) is 0 Å². The largest absolute Gasteiger partial charge is 0.480 e. The van der Waals surface area contributed by atoms with Gasteiger partial charge in [0.15, 0.2) is 0 Å². The summed E-state index contributed by atoms with van der Waals surface area (Å²) in [6.45, 7) is 3.99. The second kappa shape index (κ2) is 8.98. The zero-order chi connectivity index (χ0) is 16.5. The van der Waals surface area contributed by atoms with Crippen molar-refractivity contribution in [3.8, 4) is 0 Å². The topological polar surface area (TPSA) is 103 Å². The van der Waals surface area contributed by atoms with Gasteiger partial charge in [-0.3, -0.25) is 20.3 Å². The number of halogens is 1. The van der Waals surface area contributed by atoms with Gasteiger partial charge in [-0.05, 0) is 26.0 Å². The minimum atomic E-state index is -0.532. The van der Waals surface area contributed by atoms with Crippen molar-refractivity contribution in [2.24, 2.45) is 5.10 Å². The number of carbonyl (C=O) groups excluding carboxylic acids is 1. The van der Waals surface area contributed by atoms with Crippen molar-refractivity contribution >= 4 is 39.2 Å². The van der Waals surface area contributed by atoms with Crippen LogP contribution < -0.4 is 5.43 Å². The van der Waals surface area contributed by atoms with E-state index in [9.17, 15) is 14.9 Å². The van der Waals surface area contributed by atoms with E-state index in [1.807, 2.05) is 0 Å². The van der Waals surface area contributed by atoms with Gasteiger partial charge in [0, 0.05) is 10.5 Å². The Labute approximate surface area is 135 Å². The third-order valence-electron chi connectivity index (χ3n) is 2.37. The third kappa shape index (κ3) is 5.68. The van der Waals surface area contributed by atoms with Crippen LogP contribution in [-0.4, -0.2) is 30.0 Å². The van der Waals surface area contributed by atoms with Gasteiger partial charge in [0.05, 0.1) is 18.1 Å². The summed E-state index contributed by atoms with van der Waals surface area (Å²) >= 11 is 3.23. The summed E-state index contributed by atoms with van der Waals surface area (Å²) in [5.74, 6) is -0.393. The second-order valence-corrected chi connectivity index (χ2v) is 4.87. The molecule has 0 aliphatic carbocycles. The monoisotopic (exact) mass is 373 g/mol. The molecular weight excluding hydrogens is 358 g/mol. The van der Waals surface area contributed by atoms with Crippen LogP contribution in [0.2, 0.25) is 0 Å². The number of ether oxygens (including phenoxy) is 2. The molecule has 0 amide bonds. The lowest BCUT2D eigenvalue weighted by molar-refractivity contribution is -0.384. The van der Waals surface area contributed by atoms with Gasteiger partial charge in [0.2, 0.25) is 5.90 Å². The molecule has 0 saturated carbocycles. The SMILES string of the molecule is CCOC(=O)C/C(=N\Nc1cc(Br)ccc1[N+](=O)[O-])OCC. The Balaban J connectivity index is 2.92. The second-order valence-electron chi connectivity index (χ2n) is 3.95. The molecular formula is C13H16BrN3O5. The Kier molecular flexibility index (Phi) is 7.30. The number of hydrazone groups is 1. The summed E-state index contributed by atoms with van der Waals surface area (Å²) in [4.78, 5) is 21.9. The van der Waals surface area contributed by atoms with Crippen molar-refractivity contribution in [1.82, 2.24) is 0 Å². The van der Waals surface area contributed by atoms with E-state index in [-0.39, 0.29) is 30.3 Å². The third-order valence-corrected chi connectivity index (χ3v) is 2.86. The van der Waals surface area contributed by atoms with Gasteiger partial charge in [-0.15, -0.1) is 5.10 Å². The number of hydrogen-bond acceptors (Lipinski definition) is 7. The molecule has 0 spiro atoms. The molecule has 1 rings (SSSR count). The van der Waals surface area contributed by atoms with E-state index in [4.69, 9.17) is 9.47 Å². The number of nitro groups is 1. The van der Waals surface area contributed by atoms with E-state index in [0.29, 0.717) is 11.1 Å². The number of esters is 1. The molecule has 22 heavy (non-hydrogen) atoms. The highest BCUT2D eigenvalue weighted by Crippen LogP contribution is 2.27. The zero-order valence-electron chi connectivity index (χ0n) is 12.2. The average Bonchev–Trinajstić information content (AvgIpc) is 2.45. The summed E-state index contributed by atoms with van der Waals surface area (Å²) < 4.78 is 10.7. The molecule has 1 aromatic rings. The van der Waals surface area contributed by atoms with Crippen molar-refractivity contribution in [1.29, 1.82) is 0 Å². The Bertz CT molecular complexity index is 577. The highest BCUT2D eigenvalue weighted by Gasteiger charge is 2.15. The number of anilines is 1. The molecule has 0 fully saturated rings. The molecule has 0 aromatic heterocycles. The van der Waals surface area contributed by atoms with E-state index in [0.717, 1.165) is 0 Å². The lowest BCUT2D eigenvalue weighted by Crippen LogP contribution is -2.15. The van der Waals surface area contributed by atoms with Gasteiger partial charge < -0.3 is 9.47 Å². The Morgan fingerprint density at radius 1 is 1.36 bits per heavy atom. The normalized spacial score (nSPS) is 11.0. The van der Waals surface area contributed by atoms with Gasteiger partial charge in [0.25, 0.3) is 5.69 Å². The van der Waals surface area contributed by atoms with Crippen molar-refractivity contribution < 1.29 is 19.2 Å². The number of nitrogens with zero attached hydrogens (tertiary/aromatic N) is 2. The van der Waals surface area contributed by atoms with E-state index in [1.165, 1.54) is 12.1 Å². The predicted molar refractivity (Wildman–Crippen MR) is 84.7 cm³/mol. The highest BCUT2D eigenvalue weighted by atomic mass is 79.9.